The van der Waals surface area contributed by atoms with E-state index in [-0.39, 0.29) is 6.10 Å². The number of benzene rings is 2. The highest BCUT2D eigenvalue weighted by atomic mass is 16.5. The first-order valence-electron chi connectivity index (χ1n) is 9.43. The van der Waals surface area contributed by atoms with E-state index in [1.54, 1.807) is 0 Å². The van der Waals surface area contributed by atoms with E-state index >= 15 is 0 Å². The van der Waals surface area contributed by atoms with E-state index in [1.165, 1.54) is 23.1 Å². The van der Waals surface area contributed by atoms with Gasteiger partial charge in [0.25, 0.3) is 0 Å². The van der Waals surface area contributed by atoms with Crippen LogP contribution >= 0.6 is 0 Å². The summed E-state index contributed by atoms with van der Waals surface area (Å²) in [4.78, 5) is 4.35. The van der Waals surface area contributed by atoms with Crippen molar-refractivity contribution in [3.8, 4) is 0 Å². The van der Waals surface area contributed by atoms with Crippen LogP contribution < -0.4 is 10.6 Å². The van der Waals surface area contributed by atoms with E-state index in [9.17, 15) is 0 Å². The van der Waals surface area contributed by atoms with Crippen LogP contribution in [-0.2, 0) is 11.3 Å². The first-order valence-corrected chi connectivity index (χ1v) is 9.43. The molecular weight excluding hydrogens is 322 g/mol. The van der Waals surface area contributed by atoms with Crippen molar-refractivity contribution in [2.45, 2.75) is 32.4 Å². The summed E-state index contributed by atoms with van der Waals surface area (Å²) in [5, 5.41) is 6.86. The first kappa shape index (κ1) is 18.5. The van der Waals surface area contributed by atoms with Crippen LogP contribution in [0.1, 0.15) is 35.6 Å². The Hall–Kier alpha value is -2.33. The second-order valence-corrected chi connectivity index (χ2v) is 6.90. The van der Waals surface area contributed by atoms with Gasteiger partial charge in [-0.1, -0.05) is 60.2 Å². The predicted octanol–water partition coefficient (Wildman–Crippen LogP) is 3.83. The Labute approximate surface area is 156 Å². The number of guanidine groups is 1. The van der Waals surface area contributed by atoms with Crippen molar-refractivity contribution in [3.05, 3.63) is 71.3 Å². The maximum absolute atomic E-state index is 6.11. The molecule has 2 atom stereocenters. The van der Waals surface area contributed by atoms with Gasteiger partial charge in [-0.2, -0.15) is 0 Å². The van der Waals surface area contributed by atoms with Crippen LogP contribution in [0.3, 0.4) is 0 Å². The Bertz CT molecular complexity index is 697. The molecule has 0 radical (unpaired) electrons. The molecule has 0 aromatic heterocycles. The molecule has 1 heterocycles. The highest BCUT2D eigenvalue weighted by molar-refractivity contribution is 5.79. The molecule has 2 unspecified atom stereocenters. The lowest BCUT2D eigenvalue weighted by Crippen LogP contribution is -2.41. The molecule has 0 bridgehead atoms. The maximum Gasteiger partial charge on any atom is 0.191 e. The molecule has 1 aliphatic rings. The molecule has 2 N–H and O–H groups in total. The molecule has 2 aromatic rings. The number of rotatable bonds is 5. The number of ether oxygens (including phenoxy) is 1. The molecule has 2 aromatic carbocycles. The molecule has 1 saturated heterocycles. The lowest BCUT2D eigenvalue weighted by molar-refractivity contribution is -0.0265. The summed E-state index contributed by atoms with van der Waals surface area (Å²) in [5.41, 5.74) is 3.80. The topological polar surface area (TPSA) is 45.7 Å². The van der Waals surface area contributed by atoms with Gasteiger partial charge in [-0.05, 0) is 30.9 Å². The zero-order valence-corrected chi connectivity index (χ0v) is 15.7. The van der Waals surface area contributed by atoms with Gasteiger partial charge < -0.3 is 15.4 Å². The van der Waals surface area contributed by atoms with Crippen molar-refractivity contribution in [2.24, 2.45) is 10.9 Å². The van der Waals surface area contributed by atoms with Crippen LogP contribution in [0.2, 0.25) is 0 Å². The summed E-state index contributed by atoms with van der Waals surface area (Å²) in [7, 11) is 1.81. The highest BCUT2D eigenvalue weighted by Gasteiger charge is 2.27. The third-order valence-corrected chi connectivity index (χ3v) is 4.91. The van der Waals surface area contributed by atoms with Crippen LogP contribution in [0.4, 0.5) is 0 Å². The molecule has 4 heteroatoms. The van der Waals surface area contributed by atoms with E-state index in [4.69, 9.17) is 4.74 Å². The number of hydrogen-bond donors (Lipinski definition) is 2. The van der Waals surface area contributed by atoms with Crippen molar-refractivity contribution in [2.75, 3.05) is 20.2 Å². The van der Waals surface area contributed by atoms with Crippen LogP contribution in [0.25, 0.3) is 0 Å². The van der Waals surface area contributed by atoms with Crippen molar-refractivity contribution in [1.29, 1.82) is 0 Å². The molecule has 1 aliphatic heterocycles. The molecule has 0 spiro atoms. The average molecular weight is 351 g/mol. The van der Waals surface area contributed by atoms with Gasteiger partial charge in [-0.15, -0.1) is 0 Å². The molecule has 0 saturated carbocycles. The van der Waals surface area contributed by atoms with Crippen molar-refractivity contribution in [3.63, 3.8) is 0 Å². The van der Waals surface area contributed by atoms with E-state index in [2.05, 4.69) is 71.1 Å². The quantitative estimate of drug-likeness (QED) is 0.636. The zero-order valence-electron chi connectivity index (χ0n) is 15.7. The maximum atomic E-state index is 6.11. The van der Waals surface area contributed by atoms with Crippen LogP contribution in [-0.4, -0.2) is 26.2 Å². The fraction of sp³-hybridized carbons (Fsp3) is 0.409. The van der Waals surface area contributed by atoms with Crippen LogP contribution in [0, 0.1) is 12.8 Å². The van der Waals surface area contributed by atoms with Crippen molar-refractivity contribution < 1.29 is 4.74 Å². The van der Waals surface area contributed by atoms with Gasteiger partial charge in [0.05, 0.1) is 6.10 Å². The standard InChI is InChI=1S/C22H29N3O/c1-17-10-12-19(13-11-17)21-20(9-6-14-26-21)16-25-22(23-2)24-15-18-7-4-3-5-8-18/h3-5,7-8,10-13,20-21H,6,9,14-16H2,1-2H3,(H2,23,24,25). The monoisotopic (exact) mass is 351 g/mol. The Morgan fingerprint density at radius 3 is 2.58 bits per heavy atom. The number of hydrogen-bond acceptors (Lipinski definition) is 2. The van der Waals surface area contributed by atoms with Gasteiger partial charge in [-0.3, -0.25) is 4.99 Å². The fourth-order valence-corrected chi connectivity index (χ4v) is 3.41. The summed E-state index contributed by atoms with van der Waals surface area (Å²) < 4.78 is 6.11. The summed E-state index contributed by atoms with van der Waals surface area (Å²) in [5.74, 6) is 1.28. The summed E-state index contributed by atoms with van der Waals surface area (Å²) in [6, 6.07) is 19.1. The van der Waals surface area contributed by atoms with Gasteiger partial charge in [0, 0.05) is 32.7 Å². The SMILES string of the molecule is CN=C(NCc1ccccc1)NCC1CCCOC1c1ccc(C)cc1. The van der Waals surface area contributed by atoms with E-state index in [1.807, 2.05) is 13.1 Å². The number of aryl methyl sites for hydroxylation is 1. The minimum absolute atomic E-state index is 0.157. The molecule has 0 aliphatic carbocycles. The average Bonchev–Trinajstić information content (AvgIpc) is 2.70. The van der Waals surface area contributed by atoms with Crippen LogP contribution in [0.5, 0.6) is 0 Å². The molecule has 26 heavy (non-hydrogen) atoms. The highest BCUT2D eigenvalue weighted by Crippen LogP contribution is 2.33. The second-order valence-electron chi connectivity index (χ2n) is 6.90. The number of nitrogens with one attached hydrogen (secondary N) is 2. The summed E-state index contributed by atoms with van der Waals surface area (Å²) in [6.45, 7) is 4.58. The van der Waals surface area contributed by atoms with Gasteiger partial charge >= 0.3 is 0 Å². The third kappa shape index (κ3) is 5.09. The zero-order chi connectivity index (χ0) is 18.2. The molecule has 1 fully saturated rings. The van der Waals surface area contributed by atoms with Gasteiger partial charge in [-0.25, -0.2) is 0 Å². The Balaban J connectivity index is 1.56. The largest absolute Gasteiger partial charge is 0.373 e. The van der Waals surface area contributed by atoms with Gasteiger partial charge in [0.1, 0.15) is 0 Å². The predicted molar refractivity (Wildman–Crippen MR) is 107 cm³/mol. The van der Waals surface area contributed by atoms with Crippen LogP contribution in [0.15, 0.2) is 59.6 Å². The second kappa shape index (κ2) is 9.39. The third-order valence-electron chi connectivity index (χ3n) is 4.91. The van der Waals surface area contributed by atoms with Gasteiger partial charge in [0.2, 0.25) is 0 Å². The Morgan fingerprint density at radius 2 is 1.85 bits per heavy atom. The summed E-state index contributed by atoms with van der Waals surface area (Å²) >= 11 is 0. The summed E-state index contributed by atoms with van der Waals surface area (Å²) in [6.07, 6.45) is 2.44. The van der Waals surface area contributed by atoms with Gasteiger partial charge in [0.15, 0.2) is 5.96 Å². The van der Waals surface area contributed by atoms with E-state index in [0.29, 0.717) is 5.92 Å². The molecule has 0 amide bonds. The lowest BCUT2D eigenvalue weighted by Gasteiger charge is -2.32. The first-order chi connectivity index (χ1) is 12.8. The number of nitrogens with zero attached hydrogens (tertiary/aromatic N) is 1. The van der Waals surface area contributed by atoms with E-state index in [0.717, 1.165) is 32.1 Å². The smallest absolute Gasteiger partial charge is 0.191 e. The van der Waals surface area contributed by atoms with E-state index < -0.39 is 0 Å². The molecule has 3 rings (SSSR count). The Morgan fingerprint density at radius 1 is 1.08 bits per heavy atom. The number of aliphatic imine (C=N–C) groups is 1. The molecule has 138 valence electrons. The lowest BCUT2D eigenvalue weighted by atomic mass is 9.89. The minimum atomic E-state index is 0.157. The van der Waals surface area contributed by atoms with Crippen molar-refractivity contribution in [1.82, 2.24) is 10.6 Å². The fourth-order valence-electron chi connectivity index (χ4n) is 3.41. The molecule has 4 nitrogen and oxygen atoms in total. The normalized spacial score (nSPS) is 20.6. The Kier molecular flexibility index (Phi) is 6.67. The molecular formula is C22H29N3O. The minimum Gasteiger partial charge on any atom is -0.373 e. The van der Waals surface area contributed by atoms with Crippen molar-refractivity contribution >= 4 is 5.96 Å².